The van der Waals surface area contributed by atoms with Crippen molar-refractivity contribution in [2.24, 2.45) is 0 Å². The van der Waals surface area contributed by atoms with E-state index in [1.807, 2.05) is 36.4 Å². The van der Waals surface area contributed by atoms with Crippen LogP contribution in [0.25, 0.3) is 21.7 Å². The van der Waals surface area contributed by atoms with Gasteiger partial charge in [0.2, 0.25) is 0 Å². The Bertz CT molecular complexity index is 1310. The van der Waals surface area contributed by atoms with Crippen molar-refractivity contribution in [2.75, 3.05) is 0 Å². The molecule has 142 valence electrons. The molecule has 0 saturated carbocycles. The molecule has 3 heterocycles. The molecule has 0 saturated heterocycles. The number of nitrogens with zero attached hydrogens (tertiary/aromatic N) is 4. The van der Waals surface area contributed by atoms with Crippen molar-refractivity contribution in [1.29, 1.82) is 5.26 Å². The van der Waals surface area contributed by atoms with E-state index in [9.17, 15) is 10.1 Å². The molecule has 0 fully saturated rings. The molecule has 0 aliphatic heterocycles. The van der Waals surface area contributed by atoms with Gasteiger partial charge in [-0.05, 0) is 61.1 Å². The van der Waals surface area contributed by atoms with Crippen molar-refractivity contribution in [3.05, 3.63) is 80.6 Å². The molecule has 0 bridgehead atoms. The number of thiophene rings is 1. The van der Waals surface area contributed by atoms with Crippen molar-refractivity contribution < 1.29 is 0 Å². The highest BCUT2D eigenvalue weighted by Gasteiger charge is 2.23. The summed E-state index contributed by atoms with van der Waals surface area (Å²) in [5.41, 5.74) is 3.32. The third-order valence-corrected chi connectivity index (χ3v) is 6.55. The molecule has 0 N–H and O–H groups in total. The van der Waals surface area contributed by atoms with Crippen LogP contribution in [0.3, 0.4) is 0 Å². The first-order chi connectivity index (χ1) is 14.2. The molecule has 0 unspecified atom stereocenters. The van der Waals surface area contributed by atoms with Gasteiger partial charge in [-0.15, -0.1) is 11.3 Å². The molecular formula is C23H18N4OS. The topological polar surface area (TPSA) is 71.6 Å². The minimum atomic E-state index is -0.0163. The summed E-state index contributed by atoms with van der Waals surface area (Å²) in [7, 11) is 0. The molecule has 0 amide bonds. The molecule has 4 aromatic rings. The van der Waals surface area contributed by atoms with Gasteiger partial charge in [0, 0.05) is 11.1 Å². The first kappa shape index (κ1) is 17.8. The molecule has 6 heteroatoms. The Morgan fingerprint density at radius 3 is 2.86 bits per heavy atom. The lowest BCUT2D eigenvalue weighted by Crippen LogP contribution is -2.24. The van der Waals surface area contributed by atoms with Gasteiger partial charge in [-0.2, -0.15) is 5.26 Å². The van der Waals surface area contributed by atoms with Crippen LogP contribution in [0.15, 0.2) is 53.5 Å². The monoisotopic (exact) mass is 398 g/mol. The average molecular weight is 398 g/mol. The maximum absolute atomic E-state index is 13.7. The highest BCUT2D eigenvalue weighted by molar-refractivity contribution is 7.18. The molecule has 1 aliphatic rings. The van der Waals surface area contributed by atoms with Crippen molar-refractivity contribution in [1.82, 2.24) is 14.5 Å². The third kappa shape index (κ3) is 3.14. The van der Waals surface area contributed by atoms with Crippen molar-refractivity contribution in [2.45, 2.75) is 32.2 Å². The minimum absolute atomic E-state index is 0.0163. The summed E-state index contributed by atoms with van der Waals surface area (Å²) in [6.45, 7) is 0.355. The molecule has 5 rings (SSSR count). The van der Waals surface area contributed by atoms with Gasteiger partial charge < -0.3 is 0 Å². The Hall–Kier alpha value is -3.30. The largest absolute Gasteiger partial charge is 0.286 e. The fraction of sp³-hybridized carbons (Fsp3) is 0.217. The number of fused-ring (bicyclic) bond motifs is 3. The third-order valence-electron chi connectivity index (χ3n) is 5.37. The number of rotatable bonds is 3. The Morgan fingerprint density at radius 1 is 1.14 bits per heavy atom. The number of hydrogen-bond donors (Lipinski definition) is 0. The lowest BCUT2D eigenvalue weighted by molar-refractivity contribution is 0.698. The summed E-state index contributed by atoms with van der Waals surface area (Å²) in [5, 5.41) is 9.99. The Morgan fingerprint density at radius 2 is 2.03 bits per heavy atom. The molecule has 5 nitrogen and oxygen atoms in total. The van der Waals surface area contributed by atoms with Crippen molar-refractivity contribution in [3.8, 4) is 17.6 Å². The second-order valence-electron chi connectivity index (χ2n) is 7.24. The predicted molar refractivity (Wildman–Crippen MR) is 114 cm³/mol. The Kier molecular flexibility index (Phi) is 4.45. The molecular weight excluding hydrogens is 380 g/mol. The lowest BCUT2D eigenvalue weighted by atomic mass is 9.97. The van der Waals surface area contributed by atoms with Gasteiger partial charge >= 0.3 is 0 Å². The number of benzene rings is 1. The van der Waals surface area contributed by atoms with E-state index < -0.39 is 0 Å². The van der Waals surface area contributed by atoms with Crippen LogP contribution in [0.2, 0.25) is 0 Å². The molecule has 0 spiro atoms. The number of aromatic nitrogens is 3. The van der Waals surface area contributed by atoms with Crippen LogP contribution in [0, 0.1) is 11.3 Å². The normalized spacial score (nSPS) is 13.2. The number of nitriles is 1. The highest BCUT2D eigenvalue weighted by Crippen LogP contribution is 2.34. The smallest absolute Gasteiger partial charge is 0.263 e. The first-order valence-corrected chi connectivity index (χ1v) is 10.5. The van der Waals surface area contributed by atoms with Gasteiger partial charge in [0.25, 0.3) is 5.56 Å². The van der Waals surface area contributed by atoms with Crippen LogP contribution in [-0.4, -0.2) is 14.5 Å². The SMILES string of the molecule is N#Cc1cccc(Cn2c(-c3ccccn3)nc3sc4c(c3c2=O)CCCC4)c1. The molecule has 0 atom stereocenters. The fourth-order valence-electron chi connectivity index (χ4n) is 4.00. The summed E-state index contributed by atoms with van der Waals surface area (Å²) in [6.07, 6.45) is 5.97. The second-order valence-corrected chi connectivity index (χ2v) is 8.33. The maximum Gasteiger partial charge on any atom is 0.263 e. The first-order valence-electron chi connectivity index (χ1n) is 9.70. The molecule has 1 aliphatic carbocycles. The van der Waals surface area contributed by atoms with Crippen LogP contribution in [-0.2, 0) is 19.4 Å². The van der Waals surface area contributed by atoms with E-state index in [0.717, 1.165) is 35.0 Å². The van der Waals surface area contributed by atoms with Gasteiger partial charge in [-0.3, -0.25) is 14.3 Å². The maximum atomic E-state index is 13.7. The van der Waals surface area contributed by atoms with E-state index in [2.05, 4.69) is 11.1 Å². The fourth-order valence-corrected chi connectivity index (χ4v) is 5.25. The quantitative estimate of drug-likeness (QED) is 0.515. The van der Waals surface area contributed by atoms with Crippen LogP contribution in [0.5, 0.6) is 0 Å². The van der Waals surface area contributed by atoms with E-state index in [1.165, 1.54) is 16.9 Å². The van der Waals surface area contributed by atoms with Gasteiger partial charge in [-0.25, -0.2) is 4.98 Å². The van der Waals surface area contributed by atoms with E-state index in [-0.39, 0.29) is 5.56 Å². The number of aryl methyl sites for hydroxylation is 2. The van der Waals surface area contributed by atoms with E-state index in [1.54, 1.807) is 28.2 Å². The number of hydrogen-bond acceptors (Lipinski definition) is 5. The zero-order valence-corrected chi connectivity index (χ0v) is 16.6. The molecule has 29 heavy (non-hydrogen) atoms. The summed E-state index contributed by atoms with van der Waals surface area (Å²) >= 11 is 1.65. The van der Waals surface area contributed by atoms with Crippen LogP contribution in [0.4, 0.5) is 0 Å². The van der Waals surface area contributed by atoms with Gasteiger partial charge in [0.15, 0.2) is 5.82 Å². The van der Waals surface area contributed by atoms with Gasteiger partial charge in [-0.1, -0.05) is 18.2 Å². The minimum Gasteiger partial charge on any atom is -0.286 e. The second kappa shape index (κ2) is 7.26. The van der Waals surface area contributed by atoms with Crippen LogP contribution < -0.4 is 5.56 Å². The van der Waals surface area contributed by atoms with Crippen molar-refractivity contribution >= 4 is 21.6 Å². The zero-order chi connectivity index (χ0) is 19.8. The average Bonchev–Trinajstić information content (AvgIpc) is 3.15. The van der Waals surface area contributed by atoms with E-state index in [0.29, 0.717) is 23.6 Å². The summed E-state index contributed by atoms with van der Waals surface area (Å²) in [5.74, 6) is 0.573. The molecule has 3 aromatic heterocycles. The standard InChI is InChI=1S/C23H18N4OS/c24-13-15-6-5-7-16(12-15)14-27-21(18-9-3-4-11-25-18)26-22-20(23(27)28)17-8-1-2-10-19(17)29-22/h3-7,9,11-12H,1-2,8,10,14H2. The summed E-state index contributed by atoms with van der Waals surface area (Å²) < 4.78 is 1.71. The Balaban J connectivity index is 1.76. The van der Waals surface area contributed by atoms with Crippen LogP contribution in [0.1, 0.15) is 34.4 Å². The molecule has 0 radical (unpaired) electrons. The predicted octanol–water partition coefficient (Wildman–Crippen LogP) is 4.32. The van der Waals surface area contributed by atoms with Crippen molar-refractivity contribution in [3.63, 3.8) is 0 Å². The lowest BCUT2D eigenvalue weighted by Gasteiger charge is -2.14. The summed E-state index contributed by atoms with van der Waals surface area (Å²) in [6, 6.07) is 15.2. The van der Waals surface area contributed by atoms with Gasteiger partial charge in [0.1, 0.15) is 10.5 Å². The zero-order valence-electron chi connectivity index (χ0n) is 15.8. The van der Waals surface area contributed by atoms with Gasteiger partial charge in [0.05, 0.1) is 23.6 Å². The number of pyridine rings is 1. The van der Waals surface area contributed by atoms with Crippen LogP contribution >= 0.6 is 11.3 Å². The van der Waals surface area contributed by atoms with E-state index >= 15 is 0 Å². The van der Waals surface area contributed by atoms with E-state index in [4.69, 9.17) is 4.98 Å². The molecule has 1 aromatic carbocycles. The summed E-state index contributed by atoms with van der Waals surface area (Å²) in [4.78, 5) is 25.1. The highest BCUT2D eigenvalue weighted by atomic mass is 32.1. The Labute approximate surface area is 171 Å².